The number of hydrogen-bond acceptors (Lipinski definition) is 7. The normalized spacial score (nSPS) is 16.0. The highest BCUT2D eigenvalue weighted by atomic mass is 16.5. The van der Waals surface area contributed by atoms with E-state index in [0.717, 1.165) is 18.5 Å². The Hall–Kier alpha value is -3.47. The molecular weight excluding hydrogens is 438 g/mol. The van der Waals surface area contributed by atoms with Crippen molar-refractivity contribution in [1.29, 1.82) is 0 Å². The van der Waals surface area contributed by atoms with E-state index in [2.05, 4.69) is 20.3 Å². The van der Waals surface area contributed by atoms with E-state index in [4.69, 9.17) is 4.74 Å². The third kappa shape index (κ3) is 4.74. The minimum atomic E-state index is -0.499. The number of amides is 1. The van der Waals surface area contributed by atoms with Gasteiger partial charge in [0.2, 0.25) is 5.91 Å². The number of methoxy groups -OCH3 is 1. The molecule has 4 rings (SSSR count). The Morgan fingerprint density at radius 3 is 2.68 bits per heavy atom. The first-order valence-corrected chi connectivity index (χ1v) is 11.6. The van der Waals surface area contributed by atoms with Gasteiger partial charge in [0, 0.05) is 71.0 Å². The molecule has 11 heteroatoms. The molecule has 1 saturated heterocycles. The van der Waals surface area contributed by atoms with Crippen LogP contribution in [-0.4, -0.2) is 68.7 Å². The van der Waals surface area contributed by atoms with Crippen LogP contribution in [0, 0.1) is 5.92 Å². The van der Waals surface area contributed by atoms with Crippen LogP contribution in [-0.2, 0) is 22.6 Å². The molecule has 1 atom stereocenters. The minimum absolute atomic E-state index is 0.166. The molecule has 4 heterocycles. The SMILES string of the molecule is CCCn1c(=O)[nH]c(=O)c2nc(-c3ccc(NCC4CC(=O)N(C)C4)nc3)n(CCCOC)c21. The van der Waals surface area contributed by atoms with Crippen molar-refractivity contribution in [3.63, 3.8) is 0 Å². The lowest BCUT2D eigenvalue weighted by Gasteiger charge is -2.13. The molecule has 3 aromatic rings. The summed E-state index contributed by atoms with van der Waals surface area (Å²) in [5.74, 6) is 1.70. The van der Waals surface area contributed by atoms with Gasteiger partial charge >= 0.3 is 5.69 Å². The van der Waals surface area contributed by atoms with Crippen LogP contribution in [0.15, 0.2) is 27.9 Å². The smallest absolute Gasteiger partial charge is 0.330 e. The van der Waals surface area contributed by atoms with Crippen LogP contribution < -0.4 is 16.6 Å². The lowest BCUT2D eigenvalue weighted by atomic mass is 10.1. The number of pyridine rings is 1. The fraction of sp³-hybridized carbons (Fsp3) is 0.522. The van der Waals surface area contributed by atoms with Crippen LogP contribution in [0.1, 0.15) is 26.2 Å². The number of imidazole rings is 1. The van der Waals surface area contributed by atoms with Gasteiger partial charge in [0.25, 0.3) is 5.56 Å². The molecule has 1 amide bonds. The van der Waals surface area contributed by atoms with E-state index in [-0.39, 0.29) is 17.3 Å². The monoisotopic (exact) mass is 469 g/mol. The van der Waals surface area contributed by atoms with Gasteiger partial charge in [-0.25, -0.2) is 14.8 Å². The zero-order valence-electron chi connectivity index (χ0n) is 19.8. The van der Waals surface area contributed by atoms with Crippen molar-refractivity contribution in [3.8, 4) is 11.4 Å². The third-order valence-corrected chi connectivity index (χ3v) is 6.07. The molecule has 1 fully saturated rings. The standard InChI is InChI=1S/C23H31N7O4/c1-4-8-30-22-19(21(32)27-23(30)33)26-20(29(22)9-5-10-34-3)16-6-7-17(25-13-16)24-12-15-11-18(31)28(2)14-15/h6-7,13,15H,4-5,8-12,14H2,1-3H3,(H,24,25)(H,27,32,33). The van der Waals surface area contributed by atoms with Gasteiger partial charge in [-0.3, -0.25) is 19.1 Å². The Kier molecular flexibility index (Phi) is 7.11. The summed E-state index contributed by atoms with van der Waals surface area (Å²) in [4.78, 5) is 50.1. The number of carbonyl (C=O) groups is 1. The van der Waals surface area contributed by atoms with E-state index in [1.807, 2.05) is 30.7 Å². The maximum Gasteiger partial charge on any atom is 0.330 e. The number of aromatic nitrogens is 5. The quantitative estimate of drug-likeness (QED) is 0.428. The van der Waals surface area contributed by atoms with Crippen molar-refractivity contribution in [2.75, 3.05) is 39.2 Å². The fourth-order valence-corrected chi connectivity index (χ4v) is 4.39. The van der Waals surface area contributed by atoms with Crippen LogP contribution in [0.2, 0.25) is 0 Å². The van der Waals surface area contributed by atoms with Crippen LogP contribution in [0.4, 0.5) is 5.82 Å². The minimum Gasteiger partial charge on any atom is -0.385 e. The van der Waals surface area contributed by atoms with Crippen LogP contribution >= 0.6 is 0 Å². The molecule has 0 aromatic carbocycles. The molecule has 182 valence electrons. The van der Waals surface area contributed by atoms with Crippen molar-refractivity contribution in [1.82, 2.24) is 29.0 Å². The zero-order valence-corrected chi connectivity index (χ0v) is 19.8. The van der Waals surface area contributed by atoms with E-state index in [9.17, 15) is 14.4 Å². The number of likely N-dealkylation sites (tertiary alicyclic amines) is 1. The van der Waals surface area contributed by atoms with E-state index in [1.165, 1.54) is 0 Å². The summed E-state index contributed by atoms with van der Waals surface area (Å²) in [5, 5.41) is 3.30. The van der Waals surface area contributed by atoms with Crippen LogP contribution in [0.3, 0.4) is 0 Å². The van der Waals surface area contributed by atoms with Crippen molar-refractivity contribution in [2.45, 2.75) is 39.3 Å². The van der Waals surface area contributed by atoms with Gasteiger partial charge < -0.3 is 19.5 Å². The number of H-pyrrole nitrogens is 1. The number of carbonyl (C=O) groups excluding carboxylic acids is 1. The first-order chi connectivity index (χ1) is 16.4. The van der Waals surface area contributed by atoms with E-state index in [1.54, 1.807) is 22.8 Å². The topological polar surface area (TPSA) is 127 Å². The van der Waals surface area contributed by atoms with Gasteiger partial charge in [-0.1, -0.05) is 6.92 Å². The number of ether oxygens (including phenoxy) is 1. The largest absolute Gasteiger partial charge is 0.385 e. The Bertz CT molecular complexity index is 1280. The van der Waals surface area contributed by atoms with E-state index in [0.29, 0.717) is 56.4 Å². The number of aromatic amines is 1. The predicted molar refractivity (Wildman–Crippen MR) is 129 cm³/mol. The summed E-state index contributed by atoms with van der Waals surface area (Å²) >= 11 is 0. The molecule has 0 spiro atoms. The van der Waals surface area contributed by atoms with Crippen LogP contribution in [0.5, 0.6) is 0 Å². The van der Waals surface area contributed by atoms with E-state index < -0.39 is 11.2 Å². The molecule has 3 aromatic heterocycles. The number of rotatable bonds is 10. The second-order valence-electron chi connectivity index (χ2n) is 8.67. The number of fused-ring (bicyclic) bond motifs is 1. The Labute approximate surface area is 196 Å². The molecule has 0 bridgehead atoms. The number of aryl methyl sites for hydroxylation is 2. The summed E-state index contributed by atoms with van der Waals surface area (Å²) in [6.07, 6.45) is 3.69. The summed E-state index contributed by atoms with van der Waals surface area (Å²) in [6, 6.07) is 3.75. The molecule has 0 radical (unpaired) electrons. The van der Waals surface area contributed by atoms with Gasteiger partial charge in [0.05, 0.1) is 0 Å². The first-order valence-electron chi connectivity index (χ1n) is 11.6. The highest BCUT2D eigenvalue weighted by Gasteiger charge is 2.26. The fourth-order valence-electron chi connectivity index (χ4n) is 4.39. The van der Waals surface area contributed by atoms with Gasteiger partial charge in [0.15, 0.2) is 11.2 Å². The summed E-state index contributed by atoms with van der Waals surface area (Å²) in [6.45, 7) is 4.93. The molecule has 1 aliphatic rings. The molecule has 2 N–H and O–H groups in total. The van der Waals surface area contributed by atoms with Gasteiger partial charge in [-0.15, -0.1) is 0 Å². The predicted octanol–water partition coefficient (Wildman–Crippen LogP) is 1.29. The lowest BCUT2D eigenvalue weighted by molar-refractivity contribution is -0.126. The molecule has 0 aliphatic carbocycles. The van der Waals surface area contributed by atoms with Crippen molar-refractivity contribution >= 4 is 22.9 Å². The Morgan fingerprint density at radius 1 is 1.21 bits per heavy atom. The van der Waals surface area contributed by atoms with Crippen molar-refractivity contribution < 1.29 is 9.53 Å². The van der Waals surface area contributed by atoms with Gasteiger partial charge in [-0.2, -0.15) is 0 Å². The Balaban J connectivity index is 1.66. The highest BCUT2D eigenvalue weighted by molar-refractivity contribution is 5.78. The first kappa shape index (κ1) is 23.7. The summed E-state index contributed by atoms with van der Waals surface area (Å²) < 4.78 is 8.69. The van der Waals surface area contributed by atoms with E-state index >= 15 is 0 Å². The molecule has 34 heavy (non-hydrogen) atoms. The average molecular weight is 470 g/mol. The lowest BCUT2D eigenvalue weighted by Crippen LogP contribution is -2.31. The summed E-state index contributed by atoms with van der Waals surface area (Å²) in [5.41, 5.74) is 0.551. The molecule has 0 saturated carbocycles. The second kappa shape index (κ2) is 10.2. The molecule has 1 unspecified atom stereocenters. The molecule has 1 aliphatic heterocycles. The number of nitrogens with one attached hydrogen (secondary N) is 2. The number of nitrogens with zero attached hydrogens (tertiary/aromatic N) is 5. The maximum atomic E-state index is 12.6. The van der Waals surface area contributed by atoms with Gasteiger partial charge in [-0.05, 0) is 25.0 Å². The zero-order chi connectivity index (χ0) is 24.2. The molecule has 11 nitrogen and oxygen atoms in total. The summed E-state index contributed by atoms with van der Waals surface area (Å²) in [7, 11) is 3.46. The second-order valence-corrected chi connectivity index (χ2v) is 8.67. The Morgan fingerprint density at radius 2 is 2.03 bits per heavy atom. The van der Waals surface area contributed by atoms with Crippen LogP contribution in [0.25, 0.3) is 22.6 Å². The highest BCUT2D eigenvalue weighted by Crippen LogP contribution is 2.24. The number of anilines is 1. The number of hydrogen-bond donors (Lipinski definition) is 2. The van der Waals surface area contributed by atoms with Crippen molar-refractivity contribution in [2.24, 2.45) is 5.92 Å². The maximum absolute atomic E-state index is 12.6. The van der Waals surface area contributed by atoms with Gasteiger partial charge in [0.1, 0.15) is 11.6 Å². The van der Waals surface area contributed by atoms with Crippen molar-refractivity contribution in [3.05, 3.63) is 39.2 Å². The third-order valence-electron chi connectivity index (χ3n) is 6.07. The average Bonchev–Trinajstić information content (AvgIpc) is 3.36. The molecular formula is C23H31N7O4.